The lowest BCUT2D eigenvalue weighted by molar-refractivity contribution is 0.280. The maximum atomic E-state index is 8.76. The minimum Gasteiger partial charge on any atom is -0.377 e. The standard InChI is InChI=1S/C6H7BrO/c1-2-3-6(8)4-5-7/h2-3,6,8H,1H3/t6-/m0/s1. The summed E-state index contributed by atoms with van der Waals surface area (Å²) >= 11 is 2.86. The minimum absolute atomic E-state index is 0.626. The van der Waals surface area contributed by atoms with Crippen LogP contribution in [0, 0.1) is 10.8 Å². The van der Waals surface area contributed by atoms with Crippen molar-refractivity contribution in [2.75, 3.05) is 0 Å². The molecular weight excluding hydrogens is 168 g/mol. The molecule has 0 aliphatic carbocycles. The Morgan fingerprint density at radius 1 is 1.75 bits per heavy atom. The summed E-state index contributed by atoms with van der Waals surface area (Å²) in [5, 5.41) is 8.76. The average Bonchev–Trinajstić information content (AvgIpc) is 1.68. The molecule has 0 spiro atoms. The van der Waals surface area contributed by atoms with Crippen molar-refractivity contribution in [3.8, 4) is 10.8 Å². The fourth-order valence-corrected chi connectivity index (χ4v) is 0.521. The zero-order chi connectivity index (χ0) is 6.41. The molecule has 0 fully saturated rings. The average molecular weight is 175 g/mol. The zero-order valence-corrected chi connectivity index (χ0v) is 6.14. The molecule has 0 aromatic rings. The van der Waals surface area contributed by atoms with Crippen LogP contribution in [0.15, 0.2) is 12.2 Å². The number of hydrogen-bond acceptors (Lipinski definition) is 1. The Bertz CT molecular complexity index is 129. The Labute approximate surface area is 57.5 Å². The van der Waals surface area contributed by atoms with Crippen LogP contribution in [-0.2, 0) is 0 Å². The quantitative estimate of drug-likeness (QED) is 0.470. The van der Waals surface area contributed by atoms with Crippen LogP contribution in [0.4, 0.5) is 0 Å². The van der Waals surface area contributed by atoms with Crippen molar-refractivity contribution < 1.29 is 5.11 Å². The van der Waals surface area contributed by atoms with Crippen molar-refractivity contribution >= 4 is 15.9 Å². The van der Waals surface area contributed by atoms with Crippen molar-refractivity contribution in [3.05, 3.63) is 12.2 Å². The molecule has 0 unspecified atom stereocenters. The Balaban J connectivity index is 3.59. The van der Waals surface area contributed by atoms with Gasteiger partial charge in [-0.3, -0.25) is 0 Å². The van der Waals surface area contributed by atoms with E-state index in [9.17, 15) is 0 Å². The van der Waals surface area contributed by atoms with Gasteiger partial charge in [-0.05, 0) is 17.8 Å². The van der Waals surface area contributed by atoms with Crippen LogP contribution in [-0.4, -0.2) is 11.2 Å². The predicted molar refractivity (Wildman–Crippen MR) is 37.5 cm³/mol. The highest BCUT2D eigenvalue weighted by Gasteiger charge is 1.85. The van der Waals surface area contributed by atoms with E-state index in [-0.39, 0.29) is 0 Å². The Morgan fingerprint density at radius 2 is 2.38 bits per heavy atom. The second-order valence-corrected chi connectivity index (χ2v) is 1.61. The number of allylic oxidation sites excluding steroid dienone is 1. The second-order valence-electron chi connectivity index (χ2n) is 1.21. The largest absolute Gasteiger partial charge is 0.377 e. The molecule has 0 amide bonds. The molecular formula is C6H7BrO. The number of hydrogen-bond donors (Lipinski definition) is 1. The summed E-state index contributed by atoms with van der Waals surface area (Å²) < 4.78 is 0. The first kappa shape index (κ1) is 7.74. The Morgan fingerprint density at radius 3 is 2.75 bits per heavy atom. The van der Waals surface area contributed by atoms with Crippen LogP contribution in [0.3, 0.4) is 0 Å². The molecule has 0 rings (SSSR count). The van der Waals surface area contributed by atoms with Gasteiger partial charge in [-0.25, -0.2) is 0 Å². The molecule has 0 heterocycles. The third-order valence-electron chi connectivity index (χ3n) is 0.577. The highest BCUT2D eigenvalue weighted by Crippen LogP contribution is 1.82. The van der Waals surface area contributed by atoms with Crippen molar-refractivity contribution in [1.82, 2.24) is 0 Å². The molecule has 8 heavy (non-hydrogen) atoms. The molecule has 1 N–H and O–H groups in total. The maximum absolute atomic E-state index is 8.76. The Hall–Kier alpha value is -0.260. The molecule has 0 radical (unpaired) electrons. The summed E-state index contributed by atoms with van der Waals surface area (Å²) in [7, 11) is 0. The summed E-state index contributed by atoms with van der Waals surface area (Å²) in [6.45, 7) is 1.83. The van der Waals surface area contributed by atoms with Crippen molar-refractivity contribution in [2.45, 2.75) is 13.0 Å². The molecule has 0 saturated carbocycles. The molecule has 0 aromatic carbocycles. The number of halogens is 1. The zero-order valence-electron chi connectivity index (χ0n) is 4.56. The van der Waals surface area contributed by atoms with Crippen LogP contribution in [0.25, 0.3) is 0 Å². The van der Waals surface area contributed by atoms with Gasteiger partial charge in [0.1, 0.15) is 6.10 Å². The number of aliphatic hydroxyl groups is 1. The first-order valence-electron chi connectivity index (χ1n) is 2.23. The first-order valence-corrected chi connectivity index (χ1v) is 3.02. The van der Waals surface area contributed by atoms with E-state index < -0.39 is 6.10 Å². The van der Waals surface area contributed by atoms with Gasteiger partial charge in [-0.2, -0.15) is 0 Å². The van der Waals surface area contributed by atoms with Gasteiger partial charge in [0.25, 0.3) is 0 Å². The number of aliphatic hydroxyl groups excluding tert-OH is 1. The predicted octanol–water partition coefficient (Wildman–Crippen LogP) is 1.28. The molecule has 0 aliphatic heterocycles. The topological polar surface area (TPSA) is 20.2 Å². The highest BCUT2D eigenvalue weighted by atomic mass is 79.9. The van der Waals surface area contributed by atoms with E-state index in [1.807, 2.05) is 6.92 Å². The van der Waals surface area contributed by atoms with E-state index in [1.54, 1.807) is 12.2 Å². The van der Waals surface area contributed by atoms with Crippen molar-refractivity contribution in [2.24, 2.45) is 0 Å². The van der Waals surface area contributed by atoms with E-state index in [1.165, 1.54) is 0 Å². The molecule has 2 heteroatoms. The smallest absolute Gasteiger partial charge is 0.134 e. The van der Waals surface area contributed by atoms with Gasteiger partial charge < -0.3 is 5.11 Å². The molecule has 0 aliphatic rings. The van der Waals surface area contributed by atoms with Gasteiger partial charge in [0.15, 0.2) is 0 Å². The molecule has 0 aromatic heterocycles. The SMILES string of the molecule is CC=C[C@H](O)C#CBr. The summed E-state index contributed by atoms with van der Waals surface area (Å²) in [5.74, 6) is 2.48. The van der Waals surface area contributed by atoms with Crippen molar-refractivity contribution in [1.29, 1.82) is 0 Å². The lowest BCUT2D eigenvalue weighted by Crippen LogP contribution is -1.94. The minimum atomic E-state index is -0.626. The van der Waals surface area contributed by atoms with Crippen LogP contribution in [0.1, 0.15) is 6.92 Å². The molecule has 1 atom stereocenters. The van der Waals surface area contributed by atoms with Crippen LogP contribution in [0.2, 0.25) is 0 Å². The normalized spacial score (nSPS) is 12.9. The van der Waals surface area contributed by atoms with Gasteiger partial charge in [0, 0.05) is 15.9 Å². The van der Waals surface area contributed by atoms with E-state index in [4.69, 9.17) is 5.11 Å². The summed E-state index contributed by atoms with van der Waals surface area (Å²) in [5.41, 5.74) is 0. The first-order chi connectivity index (χ1) is 3.81. The Kier molecular flexibility index (Phi) is 4.73. The molecule has 0 bridgehead atoms. The summed E-state index contributed by atoms with van der Waals surface area (Å²) in [4.78, 5) is 2.41. The van der Waals surface area contributed by atoms with Gasteiger partial charge in [-0.15, -0.1) is 0 Å². The lowest BCUT2D eigenvalue weighted by Gasteiger charge is -1.87. The van der Waals surface area contributed by atoms with Gasteiger partial charge in [0.05, 0.1) is 0 Å². The van der Waals surface area contributed by atoms with Gasteiger partial charge >= 0.3 is 0 Å². The highest BCUT2D eigenvalue weighted by molar-refractivity contribution is 9.12. The third-order valence-corrected chi connectivity index (χ3v) is 0.806. The monoisotopic (exact) mass is 174 g/mol. The van der Waals surface area contributed by atoms with Crippen LogP contribution < -0.4 is 0 Å². The fraction of sp³-hybridized carbons (Fsp3) is 0.333. The van der Waals surface area contributed by atoms with Crippen LogP contribution in [0.5, 0.6) is 0 Å². The van der Waals surface area contributed by atoms with E-state index in [2.05, 4.69) is 26.7 Å². The van der Waals surface area contributed by atoms with Gasteiger partial charge in [-0.1, -0.05) is 12.0 Å². The van der Waals surface area contributed by atoms with Crippen molar-refractivity contribution in [3.63, 3.8) is 0 Å². The van der Waals surface area contributed by atoms with Crippen LogP contribution >= 0.6 is 15.9 Å². The van der Waals surface area contributed by atoms with E-state index in [0.29, 0.717) is 0 Å². The summed E-state index contributed by atoms with van der Waals surface area (Å²) in [6, 6.07) is 0. The van der Waals surface area contributed by atoms with E-state index in [0.717, 1.165) is 0 Å². The van der Waals surface area contributed by atoms with Gasteiger partial charge in [0.2, 0.25) is 0 Å². The molecule has 0 saturated heterocycles. The molecule has 44 valence electrons. The third kappa shape index (κ3) is 3.91. The number of rotatable bonds is 1. The fourth-order valence-electron chi connectivity index (χ4n) is 0.286. The molecule has 1 nitrogen and oxygen atoms in total. The maximum Gasteiger partial charge on any atom is 0.134 e. The second kappa shape index (κ2) is 4.89. The van der Waals surface area contributed by atoms with E-state index >= 15 is 0 Å². The summed E-state index contributed by atoms with van der Waals surface area (Å²) in [6.07, 6.45) is 2.73. The lowest BCUT2D eigenvalue weighted by atomic mass is 10.3.